The molecular formula is C18H23NO4. The lowest BCUT2D eigenvalue weighted by atomic mass is 10.1. The molecule has 1 amide bonds. The number of phenolic OH excluding ortho intramolecular Hbond substituents is 1. The molecule has 1 aromatic rings. The van der Waals surface area contributed by atoms with Crippen LogP contribution in [-0.2, 0) is 11.2 Å². The molecule has 0 radical (unpaired) electrons. The number of rotatable bonds is 8. The summed E-state index contributed by atoms with van der Waals surface area (Å²) in [6.45, 7) is 1.99. The summed E-state index contributed by atoms with van der Waals surface area (Å²) in [5.74, 6) is -0.167. The van der Waals surface area contributed by atoms with E-state index in [1.807, 2.05) is 25.1 Å². The molecule has 4 N–H and O–H groups in total. The molecule has 0 unspecified atom stereocenters. The van der Waals surface area contributed by atoms with Gasteiger partial charge in [-0.1, -0.05) is 25.1 Å². The number of hydrogen-bond acceptors (Lipinski definition) is 4. The maximum atomic E-state index is 11.8. The van der Waals surface area contributed by atoms with Crippen LogP contribution in [0, 0.1) is 0 Å². The fourth-order valence-electron chi connectivity index (χ4n) is 1.87. The van der Waals surface area contributed by atoms with Crippen LogP contribution in [-0.4, -0.2) is 34.4 Å². The molecule has 0 spiro atoms. The Morgan fingerprint density at radius 2 is 1.91 bits per heavy atom. The van der Waals surface area contributed by atoms with E-state index >= 15 is 0 Å². The number of aliphatic hydroxyl groups is 2. The van der Waals surface area contributed by atoms with Crippen LogP contribution in [0.25, 0.3) is 0 Å². The molecule has 0 saturated carbocycles. The minimum absolute atomic E-state index is 0.151. The molecule has 0 bridgehead atoms. The van der Waals surface area contributed by atoms with Crippen molar-refractivity contribution in [1.29, 1.82) is 0 Å². The van der Waals surface area contributed by atoms with Gasteiger partial charge >= 0.3 is 0 Å². The molecule has 0 aliphatic carbocycles. The zero-order valence-corrected chi connectivity index (χ0v) is 13.2. The smallest absolute Gasteiger partial charge is 0.244 e. The van der Waals surface area contributed by atoms with Gasteiger partial charge < -0.3 is 20.6 Å². The summed E-state index contributed by atoms with van der Waals surface area (Å²) in [6, 6.07) is 6.83. The average molecular weight is 317 g/mol. The third kappa shape index (κ3) is 7.87. The maximum absolute atomic E-state index is 11.8. The molecule has 0 aliphatic rings. The predicted octanol–water partition coefficient (Wildman–Crippen LogP) is 2.38. The van der Waals surface area contributed by atoms with Crippen LogP contribution >= 0.6 is 0 Å². The van der Waals surface area contributed by atoms with Gasteiger partial charge in [0.25, 0.3) is 0 Å². The Balaban J connectivity index is 2.47. The van der Waals surface area contributed by atoms with Gasteiger partial charge in [-0.2, -0.15) is 0 Å². The van der Waals surface area contributed by atoms with Gasteiger partial charge in [-0.3, -0.25) is 4.79 Å². The minimum Gasteiger partial charge on any atom is -0.510 e. The topological polar surface area (TPSA) is 89.8 Å². The molecule has 0 heterocycles. The highest BCUT2D eigenvalue weighted by molar-refractivity contribution is 5.88. The van der Waals surface area contributed by atoms with Gasteiger partial charge in [-0.25, -0.2) is 0 Å². The first-order chi connectivity index (χ1) is 11.0. The van der Waals surface area contributed by atoms with E-state index < -0.39 is 6.61 Å². The summed E-state index contributed by atoms with van der Waals surface area (Å²) < 4.78 is 0. The number of aromatic hydroxyl groups is 1. The second-order valence-electron chi connectivity index (χ2n) is 4.95. The number of hydrogen-bond donors (Lipinski definition) is 4. The molecule has 23 heavy (non-hydrogen) atoms. The van der Waals surface area contributed by atoms with Crippen molar-refractivity contribution >= 4 is 5.91 Å². The molecule has 0 fully saturated rings. The lowest BCUT2D eigenvalue weighted by Crippen LogP contribution is -2.23. The Bertz CT molecular complexity index is 586. The Hall–Kier alpha value is -2.53. The first-order valence-corrected chi connectivity index (χ1v) is 7.49. The first-order valence-electron chi connectivity index (χ1n) is 7.49. The fourth-order valence-corrected chi connectivity index (χ4v) is 1.87. The summed E-state index contributed by atoms with van der Waals surface area (Å²) in [5, 5.41) is 30.1. The molecule has 0 aliphatic heterocycles. The zero-order valence-electron chi connectivity index (χ0n) is 13.2. The van der Waals surface area contributed by atoms with Gasteiger partial charge in [0.1, 0.15) is 18.1 Å². The van der Waals surface area contributed by atoms with Gasteiger partial charge in [0.2, 0.25) is 5.91 Å². The van der Waals surface area contributed by atoms with E-state index in [1.165, 1.54) is 12.2 Å². The molecule has 0 saturated heterocycles. The number of allylic oxidation sites excluding steroid dienone is 4. The highest BCUT2D eigenvalue weighted by Gasteiger charge is 1.98. The van der Waals surface area contributed by atoms with Gasteiger partial charge in [-0.15, -0.1) is 0 Å². The van der Waals surface area contributed by atoms with Gasteiger partial charge in [0.05, 0.1) is 0 Å². The summed E-state index contributed by atoms with van der Waals surface area (Å²) in [5.41, 5.74) is 1.68. The van der Waals surface area contributed by atoms with E-state index in [9.17, 15) is 15.0 Å². The molecule has 0 aromatic heterocycles. The third-order valence-electron chi connectivity index (χ3n) is 3.01. The molecule has 1 rings (SSSR count). The van der Waals surface area contributed by atoms with Crippen LogP contribution in [0.3, 0.4) is 0 Å². The number of aliphatic hydroxyl groups excluding tert-OH is 2. The van der Waals surface area contributed by atoms with Crippen LogP contribution < -0.4 is 5.32 Å². The summed E-state index contributed by atoms with van der Waals surface area (Å²) in [6.07, 6.45) is 7.65. The Kier molecular flexibility index (Phi) is 8.24. The summed E-state index contributed by atoms with van der Waals surface area (Å²) in [7, 11) is 0. The van der Waals surface area contributed by atoms with Crippen LogP contribution in [0.15, 0.2) is 59.9 Å². The second kappa shape index (κ2) is 10.2. The highest BCUT2D eigenvalue weighted by atomic mass is 16.3. The monoisotopic (exact) mass is 317 g/mol. The largest absolute Gasteiger partial charge is 0.510 e. The lowest BCUT2D eigenvalue weighted by Gasteiger charge is -2.03. The summed E-state index contributed by atoms with van der Waals surface area (Å²) >= 11 is 0. The SMILES string of the molecule is CC/C=C(/C=C/C(=O)NCCc1ccc(O)cc1)\C=C(\O)CO. The van der Waals surface area contributed by atoms with Crippen LogP contribution in [0.1, 0.15) is 18.9 Å². The van der Waals surface area contributed by atoms with Crippen molar-refractivity contribution in [2.24, 2.45) is 0 Å². The van der Waals surface area contributed by atoms with Crippen molar-refractivity contribution < 1.29 is 20.1 Å². The average Bonchev–Trinajstić information content (AvgIpc) is 2.54. The third-order valence-corrected chi connectivity index (χ3v) is 3.01. The zero-order chi connectivity index (χ0) is 17.1. The summed E-state index contributed by atoms with van der Waals surface area (Å²) in [4.78, 5) is 11.8. The van der Waals surface area contributed by atoms with Crippen LogP contribution in [0.5, 0.6) is 5.75 Å². The first kappa shape index (κ1) is 18.5. The molecule has 124 valence electrons. The molecular weight excluding hydrogens is 294 g/mol. The maximum Gasteiger partial charge on any atom is 0.244 e. The highest BCUT2D eigenvalue weighted by Crippen LogP contribution is 2.09. The van der Waals surface area contributed by atoms with Gasteiger partial charge in [0, 0.05) is 12.6 Å². The standard InChI is InChI=1S/C18H23NO4/c1-2-3-15(12-17(22)13-20)6-9-18(23)19-11-10-14-4-7-16(21)8-5-14/h3-9,12,20-22H,2,10-11,13H2,1H3,(H,19,23)/b9-6+,15-3-,17-12+. The molecule has 0 atom stereocenters. The number of amides is 1. The van der Waals surface area contributed by atoms with Gasteiger partial charge in [-0.05, 0) is 48.3 Å². The number of nitrogens with one attached hydrogen (secondary N) is 1. The number of carbonyl (C=O) groups excluding carboxylic acids is 1. The number of phenols is 1. The molecule has 5 nitrogen and oxygen atoms in total. The predicted molar refractivity (Wildman–Crippen MR) is 90.1 cm³/mol. The van der Waals surface area contributed by atoms with Crippen molar-refractivity contribution in [1.82, 2.24) is 5.32 Å². The lowest BCUT2D eigenvalue weighted by molar-refractivity contribution is -0.116. The fraction of sp³-hybridized carbons (Fsp3) is 0.278. The van der Waals surface area contributed by atoms with Crippen molar-refractivity contribution in [3.05, 3.63) is 65.5 Å². The Labute approximate surface area is 136 Å². The molecule has 5 heteroatoms. The normalized spacial score (nSPS) is 12.6. The van der Waals surface area contributed by atoms with Crippen LogP contribution in [0.4, 0.5) is 0 Å². The number of benzene rings is 1. The van der Waals surface area contributed by atoms with Crippen molar-refractivity contribution in [2.75, 3.05) is 13.2 Å². The Morgan fingerprint density at radius 1 is 1.22 bits per heavy atom. The minimum atomic E-state index is -0.437. The Morgan fingerprint density at radius 3 is 2.52 bits per heavy atom. The molecule has 1 aromatic carbocycles. The van der Waals surface area contributed by atoms with E-state index in [-0.39, 0.29) is 17.4 Å². The van der Waals surface area contributed by atoms with Crippen LogP contribution in [0.2, 0.25) is 0 Å². The number of carbonyl (C=O) groups is 1. The van der Waals surface area contributed by atoms with E-state index in [2.05, 4.69) is 5.32 Å². The second-order valence-corrected chi connectivity index (χ2v) is 4.95. The van der Waals surface area contributed by atoms with Crippen molar-refractivity contribution in [3.8, 4) is 5.75 Å². The van der Waals surface area contributed by atoms with E-state index in [0.29, 0.717) is 18.5 Å². The van der Waals surface area contributed by atoms with E-state index in [1.54, 1.807) is 18.2 Å². The van der Waals surface area contributed by atoms with Crippen molar-refractivity contribution in [2.45, 2.75) is 19.8 Å². The van der Waals surface area contributed by atoms with E-state index in [0.717, 1.165) is 12.0 Å². The van der Waals surface area contributed by atoms with Gasteiger partial charge in [0.15, 0.2) is 0 Å². The quantitative estimate of drug-likeness (QED) is 0.337. The van der Waals surface area contributed by atoms with Crippen molar-refractivity contribution in [3.63, 3.8) is 0 Å². The van der Waals surface area contributed by atoms with E-state index in [4.69, 9.17) is 5.11 Å².